The summed E-state index contributed by atoms with van der Waals surface area (Å²) in [4.78, 5) is 12.4. The molecule has 9 heteroatoms. The minimum atomic E-state index is -3.59. The average molecular weight is 414 g/mol. The molecule has 3 rings (SSSR count). The fourth-order valence-electron chi connectivity index (χ4n) is 2.66. The summed E-state index contributed by atoms with van der Waals surface area (Å²) in [5, 5.41) is 10.5. The number of amides is 1. The number of aromatic nitrogens is 3. The van der Waals surface area contributed by atoms with Gasteiger partial charge in [-0.1, -0.05) is 53.2 Å². The highest BCUT2D eigenvalue weighted by molar-refractivity contribution is 7.89. The smallest absolute Gasteiger partial charge is 0.273 e. The zero-order valence-electron chi connectivity index (χ0n) is 16.1. The quantitative estimate of drug-likeness (QED) is 0.553. The van der Waals surface area contributed by atoms with Crippen molar-refractivity contribution in [2.24, 2.45) is 0 Å². The Morgan fingerprint density at radius 2 is 1.76 bits per heavy atom. The third kappa shape index (κ3) is 5.97. The maximum absolute atomic E-state index is 12.3. The van der Waals surface area contributed by atoms with Gasteiger partial charge in [-0.05, 0) is 31.0 Å². The predicted molar refractivity (Wildman–Crippen MR) is 109 cm³/mol. The Morgan fingerprint density at radius 3 is 2.48 bits per heavy atom. The monoisotopic (exact) mass is 413 g/mol. The van der Waals surface area contributed by atoms with Crippen molar-refractivity contribution < 1.29 is 13.2 Å². The molecule has 0 fully saturated rings. The van der Waals surface area contributed by atoms with E-state index >= 15 is 0 Å². The third-order valence-electron chi connectivity index (χ3n) is 4.28. The Morgan fingerprint density at radius 1 is 1.03 bits per heavy atom. The minimum absolute atomic E-state index is 0.134. The number of nitrogens with one attached hydrogen (secondary N) is 2. The SMILES string of the molecule is Cc1ccc(S(=O)(=O)NCCn2cc(C(=O)NCCc3ccccc3)nn2)cc1. The highest BCUT2D eigenvalue weighted by atomic mass is 32.2. The molecule has 0 bridgehead atoms. The second kappa shape index (κ2) is 9.44. The molecule has 1 amide bonds. The number of benzene rings is 2. The summed E-state index contributed by atoms with van der Waals surface area (Å²) in [5.41, 5.74) is 2.32. The van der Waals surface area contributed by atoms with E-state index in [2.05, 4.69) is 20.4 Å². The van der Waals surface area contributed by atoms with Crippen LogP contribution in [0.1, 0.15) is 21.6 Å². The lowest BCUT2D eigenvalue weighted by Gasteiger charge is -2.06. The van der Waals surface area contributed by atoms with Crippen LogP contribution in [0.4, 0.5) is 0 Å². The topological polar surface area (TPSA) is 106 Å². The van der Waals surface area contributed by atoms with Crippen molar-refractivity contribution in [2.75, 3.05) is 13.1 Å². The Labute approximate surface area is 170 Å². The lowest BCUT2D eigenvalue weighted by Crippen LogP contribution is -2.27. The van der Waals surface area contributed by atoms with Gasteiger partial charge in [-0.2, -0.15) is 0 Å². The van der Waals surface area contributed by atoms with Crippen molar-refractivity contribution in [3.63, 3.8) is 0 Å². The summed E-state index contributed by atoms with van der Waals surface area (Å²) < 4.78 is 28.5. The van der Waals surface area contributed by atoms with Crippen molar-refractivity contribution in [1.82, 2.24) is 25.0 Å². The Bertz CT molecular complexity index is 1050. The Balaban J connectivity index is 1.46. The Kier molecular flexibility index (Phi) is 6.73. The number of sulfonamides is 1. The fourth-order valence-corrected chi connectivity index (χ4v) is 3.68. The number of hydrogen-bond acceptors (Lipinski definition) is 5. The minimum Gasteiger partial charge on any atom is -0.350 e. The van der Waals surface area contributed by atoms with Gasteiger partial charge in [0.2, 0.25) is 10.0 Å². The van der Waals surface area contributed by atoms with Crippen LogP contribution < -0.4 is 10.0 Å². The normalized spacial score (nSPS) is 11.3. The van der Waals surface area contributed by atoms with Crippen LogP contribution in [0.2, 0.25) is 0 Å². The summed E-state index contributed by atoms with van der Waals surface area (Å²) in [7, 11) is -3.59. The molecular weight excluding hydrogens is 390 g/mol. The molecule has 0 saturated heterocycles. The molecule has 29 heavy (non-hydrogen) atoms. The van der Waals surface area contributed by atoms with Gasteiger partial charge in [0, 0.05) is 13.1 Å². The highest BCUT2D eigenvalue weighted by Crippen LogP contribution is 2.09. The lowest BCUT2D eigenvalue weighted by atomic mass is 10.1. The zero-order chi connectivity index (χ0) is 20.7. The molecule has 1 aromatic heterocycles. The number of aryl methyl sites for hydroxylation is 1. The predicted octanol–water partition coefficient (Wildman–Crippen LogP) is 1.54. The van der Waals surface area contributed by atoms with E-state index in [1.54, 1.807) is 24.3 Å². The van der Waals surface area contributed by atoms with Crippen molar-refractivity contribution in [2.45, 2.75) is 24.8 Å². The molecular formula is C20H23N5O3S. The number of carbonyl (C=O) groups is 1. The van der Waals surface area contributed by atoms with E-state index in [0.29, 0.717) is 6.54 Å². The van der Waals surface area contributed by atoms with Gasteiger partial charge < -0.3 is 5.32 Å². The summed E-state index contributed by atoms with van der Waals surface area (Å²) in [6.45, 7) is 2.78. The summed E-state index contributed by atoms with van der Waals surface area (Å²) in [6, 6.07) is 16.5. The van der Waals surface area contributed by atoms with E-state index in [9.17, 15) is 13.2 Å². The first-order chi connectivity index (χ1) is 13.9. The van der Waals surface area contributed by atoms with Gasteiger partial charge in [0.25, 0.3) is 5.91 Å². The van der Waals surface area contributed by atoms with Gasteiger partial charge in [0.05, 0.1) is 17.6 Å². The van der Waals surface area contributed by atoms with E-state index in [0.717, 1.165) is 17.5 Å². The van der Waals surface area contributed by atoms with Gasteiger partial charge in [0.15, 0.2) is 5.69 Å². The molecule has 0 aliphatic rings. The molecule has 0 unspecified atom stereocenters. The lowest BCUT2D eigenvalue weighted by molar-refractivity contribution is 0.0949. The summed E-state index contributed by atoms with van der Waals surface area (Å²) in [6.07, 6.45) is 2.22. The van der Waals surface area contributed by atoms with Crippen molar-refractivity contribution in [1.29, 1.82) is 0 Å². The van der Waals surface area contributed by atoms with Crippen LogP contribution in [0.15, 0.2) is 65.7 Å². The first kappa shape index (κ1) is 20.7. The van der Waals surface area contributed by atoms with Crippen molar-refractivity contribution in [3.05, 3.63) is 77.6 Å². The van der Waals surface area contributed by atoms with Gasteiger partial charge in [-0.3, -0.25) is 9.48 Å². The van der Waals surface area contributed by atoms with Crippen LogP contribution in [0.5, 0.6) is 0 Å². The standard InChI is InChI=1S/C20H23N5O3S/c1-16-7-9-18(10-8-16)29(27,28)22-13-14-25-15-19(23-24-25)20(26)21-12-11-17-5-3-2-4-6-17/h2-10,15,22H,11-14H2,1H3,(H,21,26). The van der Waals surface area contributed by atoms with Crippen LogP contribution >= 0.6 is 0 Å². The molecule has 0 aliphatic carbocycles. The van der Waals surface area contributed by atoms with E-state index in [1.165, 1.54) is 10.9 Å². The zero-order valence-corrected chi connectivity index (χ0v) is 16.9. The molecule has 8 nitrogen and oxygen atoms in total. The van der Waals surface area contributed by atoms with Crippen molar-refractivity contribution >= 4 is 15.9 Å². The first-order valence-electron chi connectivity index (χ1n) is 9.23. The molecule has 2 N–H and O–H groups in total. The second-order valence-electron chi connectivity index (χ2n) is 6.57. The number of rotatable bonds is 9. The molecule has 3 aromatic rings. The number of hydrogen-bond donors (Lipinski definition) is 2. The molecule has 0 atom stereocenters. The van der Waals surface area contributed by atoms with Gasteiger partial charge in [-0.15, -0.1) is 5.10 Å². The molecule has 0 radical (unpaired) electrons. The molecule has 0 aliphatic heterocycles. The van der Waals surface area contributed by atoms with Gasteiger partial charge >= 0.3 is 0 Å². The van der Waals surface area contributed by atoms with E-state index < -0.39 is 10.0 Å². The second-order valence-corrected chi connectivity index (χ2v) is 8.34. The Hall–Kier alpha value is -3.04. The van der Waals surface area contributed by atoms with Crippen LogP contribution in [-0.2, 0) is 23.0 Å². The highest BCUT2D eigenvalue weighted by Gasteiger charge is 2.14. The van der Waals surface area contributed by atoms with Crippen LogP contribution in [0, 0.1) is 6.92 Å². The van der Waals surface area contributed by atoms with Crippen LogP contribution in [0.25, 0.3) is 0 Å². The van der Waals surface area contributed by atoms with E-state index in [4.69, 9.17) is 0 Å². The largest absolute Gasteiger partial charge is 0.350 e. The maximum atomic E-state index is 12.3. The average Bonchev–Trinajstić information content (AvgIpc) is 3.18. The molecule has 0 spiro atoms. The van der Waals surface area contributed by atoms with Crippen LogP contribution in [-0.4, -0.2) is 42.4 Å². The molecule has 2 aromatic carbocycles. The molecule has 1 heterocycles. The third-order valence-corrected chi connectivity index (χ3v) is 5.75. The first-order valence-corrected chi connectivity index (χ1v) is 10.7. The summed E-state index contributed by atoms with van der Waals surface area (Å²) in [5.74, 6) is -0.313. The van der Waals surface area contributed by atoms with Gasteiger partial charge in [0.1, 0.15) is 0 Å². The molecule has 152 valence electrons. The number of nitrogens with zero attached hydrogens (tertiary/aromatic N) is 3. The van der Waals surface area contributed by atoms with Crippen LogP contribution in [0.3, 0.4) is 0 Å². The van der Waals surface area contributed by atoms with Gasteiger partial charge in [-0.25, -0.2) is 13.1 Å². The molecule has 0 saturated carbocycles. The van der Waals surface area contributed by atoms with E-state index in [1.807, 2.05) is 37.3 Å². The number of carbonyl (C=O) groups excluding carboxylic acids is 1. The fraction of sp³-hybridized carbons (Fsp3) is 0.250. The van der Waals surface area contributed by atoms with Crippen molar-refractivity contribution in [3.8, 4) is 0 Å². The summed E-state index contributed by atoms with van der Waals surface area (Å²) >= 11 is 0. The van der Waals surface area contributed by atoms with E-state index in [-0.39, 0.29) is 29.6 Å². The maximum Gasteiger partial charge on any atom is 0.273 e.